The quantitative estimate of drug-likeness (QED) is 0.793. The second-order valence-corrected chi connectivity index (χ2v) is 10.1. The van der Waals surface area contributed by atoms with E-state index in [9.17, 15) is 8.42 Å². The van der Waals surface area contributed by atoms with E-state index in [1.165, 1.54) is 0 Å². The molecule has 0 saturated carbocycles. The fourth-order valence-electron chi connectivity index (χ4n) is 2.52. The molecule has 6 heteroatoms. The van der Waals surface area contributed by atoms with E-state index in [0.717, 1.165) is 23.5 Å². The zero-order chi connectivity index (χ0) is 15.0. The van der Waals surface area contributed by atoms with E-state index in [1.807, 2.05) is 0 Å². The van der Waals surface area contributed by atoms with Crippen molar-refractivity contribution in [3.05, 3.63) is 16.1 Å². The number of halogens is 1. The molecule has 0 aliphatic carbocycles. The van der Waals surface area contributed by atoms with E-state index in [0.29, 0.717) is 17.4 Å². The Hall–Kier alpha value is -0.130. The molecule has 1 fully saturated rings. The third-order valence-corrected chi connectivity index (χ3v) is 6.95. The lowest BCUT2D eigenvalue weighted by atomic mass is 9.90. The first-order chi connectivity index (χ1) is 9.21. The molecule has 2 unspecified atom stereocenters. The van der Waals surface area contributed by atoms with Crippen molar-refractivity contribution in [3.63, 3.8) is 0 Å². The molecular formula is C14H22ClNO2S2. The standard InChI is InChI=1S/C14H22ClNO2S2/c1-14(2,3)12-8-19-13(16-12)6-11(7-15)10-4-5-20(17,18)9-10/h8,10-11H,4-7,9H2,1-3H3. The smallest absolute Gasteiger partial charge is 0.150 e. The largest absolute Gasteiger partial charge is 0.246 e. The average molecular weight is 336 g/mol. The third-order valence-electron chi connectivity index (χ3n) is 3.89. The Morgan fingerprint density at radius 1 is 1.50 bits per heavy atom. The molecule has 2 rings (SSSR count). The van der Waals surface area contributed by atoms with Crippen LogP contribution in [0.1, 0.15) is 37.9 Å². The molecule has 1 saturated heterocycles. The molecule has 2 atom stereocenters. The molecule has 1 aromatic rings. The van der Waals surface area contributed by atoms with Gasteiger partial charge in [-0.1, -0.05) is 20.8 Å². The van der Waals surface area contributed by atoms with Crippen molar-refractivity contribution in [3.8, 4) is 0 Å². The highest BCUT2D eigenvalue weighted by atomic mass is 35.5. The van der Waals surface area contributed by atoms with Gasteiger partial charge in [-0.05, 0) is 18.3 Å². The van der Waals surface area contributed by atoms with Gasteiger partial charge in [0.2, 0.25) is 0 Å². The van der Waals surface area contributed by atoms with Crippen LogP contribution in [0, 0.1) is 11.8 Å². The lowest BCUT2D eigenvalue weighted by Gasteiger charge is -2.19. The fourth-order valence-corrected chi connectivity index (χ4v) is 5.91. The van der Waals surface area contributed by atoms with E-state index in [-0.39, 0.29) is 17.3 Å². The van der Waals surface area contributed by atoms with E-state index in [4.69, 9.17) is 11.6 Å². The predicted octanol–water partition coefficient (Wildman–Crippen LogP) is 3.27. The number of hydrogen-bond acceptors (Lipinski definition) is 4. The summed E-state index contributed by atoms with van der Waals surface area (Å²) in [6, 6.07) is 0. The lowest BCUT2D eigenvalue weighted by molar-refractivity contribution is 0.396. The molecule has 20 heavy (non-hydrogen) atoms. The first kappa shape index (κ1) is 16.2. The van der Waals surface area contributed by atoms with Gasteiger partial charge in [0.15, 0.2) is 9.84 Å². The summed E-state index contributed by atoms with van der Waals surface area (Å²) in [6.07, 6.45) is 1.54. The Balaban J connectivity index is 2.06. The highest BCUT2D eigenvalue weighted by Crippen LogP contribution is 2.31. The van der Waals surface area contributed by atoms with E-state index < -0.39 is 9.84 Å². The Morgan fingerprint density at radius 3 is 2.65 bits per heavy atom. The highest BCUT2D eigenvalue weighted by molar-refractivity contribution is 7.91. The lowest BCUT2D eigenvalue weighted by Crippen LogP contribution is -2.20. The maximum Gasteiger partial charge on any atom is 0.150 e. The van der Waals surface area contributed by atoms with Gasteiger partial charge >= 0.3 is 0 Å². The molecule has 1 aromatic heterocycles. The average Bonchev–Trinajstić information content (AvgIpc) is 2.91. The summed E-state index contributed by atoms with van der Waals surface area (Å²) in [5.41, 5.74) is 1.16. The number of rotatable bonds is 4. The zero-order valence-electron chi connectivity index (χ0n) is 12.2. The first-order valence-corrected chi connectivity index (χ1v) is 10.2. The molecular weight excluding hydrogens is 314 g/mol. The summed E-state index contributed by atoms with van der Waals surface area (Å²) in [6.45, 7) is 6.44. The minimum absolute atomic E-state index is 0.0574. The van der Waals surface area contributed by atoms with Crippen LogP contribution in [0.5, 0.6) is 0 Å². The van der Waals surface area contributed by atoms with Gasteiger partial charge in [-0.15, -0.1) is 22.9 Å². The van der Waals surface area contributed by atoms with Crippen LogP contribution in [-0.4, -0.2) is 30.8 Å². The van der Waals surface area contributed by atoms with Crippen molar-refractivity contribution in [1.29, 1.82) is 0 Å². The van der Waals surface area contributed by atoms with Crippen molar-refractivity contribution in [1.82, 2.24) is 4.98 Å². The second-order valence-electron chi connectivity index (χ2n) is 6.66. The fraction of sp³-hybridized carbons (Fsp3) is 0.786. The van der Waals surface area contributed by atoms with Crippen molar-refractivity contribution in [2.24, 2.45) is 11.8 Å². The number of sulfone groups is 1. The van der Waals surface area contributed by atoms with Gasteiger partial charge in [0.05, 0.1) is 22.2 Å². The summed E-state index contributed by atoms with van der Waals surface area (Å²) in [5, 5.41) is 3.18. The molecule has 114 valence electrons. The number of nitrogens with zero attached hydrogens (tertiary/aromatic N) is 1. The third kappa shape index (κ3) is 3.95. The maximum absolute atomic E-state index is 11.6. The van der Waals surface area contributed by atoms with Crippen LogP contribution in [0.3, 0.4) is 0 Å². The van der Waals surface area contributed by atoms with Crippen LogP contribution in [0.4, 0.5) is 0 Å². The predicted molar refractivity (Wildman–Crippen MR) is 85.5 cm³/mol. The summed E-state index contributed by atoms with van der Waals surface area (Å²) in [4.78, 5) is 4.69. The van der Waals surface area contributed by atoms with Crippen molar-refractivity contribution >= 4 is 32.8 Å². The number of alkyl halides is 1. The zero-order valence-corrected chi connectivity index (χ0v) is 14.6. The first-order valence-electron chi connectivity index (χ1n) is 6.92. The van der Waals surface area contributed by atoms with E-state index in [2.05, 4.69) is 31.1 Å². The van der Waals surface area contributed by atoms with Gasteiger partial charge in [-0.25, -0.2) is 13.4 Å². The number of aromatic nitrogens is 1. The van der Waals surface area contributed by atoms with Gasteiger partial charge in [0.25, 0.3) is 0 Å². The van der Waals surface area contributed by atoms with E-state index >= 15 is 0 Å². The topological polar surface area (TPSA) is 47.0 Å². The molecule has 0 aromatic carbocycles. The Kier molecular flexibility index (Phi) is 4.82. The molecule has 2 heterocycles. The van der Waals surface area contributed by atoms with Crippen LogP contribution < -0.4 is 0 Å². The molecule has 0 N–H and O–H groups in total. The number of hydrogen-bond donors (Lipinski definition) is 0. The molecule has 0 spiro atoms. The van der Waals surface area contributed by atoms with Gasteiger partial charge in [-0.3, -0.25) is 0 Å². The molecule has 1 aliphatic heterocycles. The molecule has 1 aliphatic rings. The van der Waals surface area contributed by atoms with Crippen LogP contribution in [0.15, 0.2) is 5.38 Å². The molecule has 0 bridgehead atoms. The van der Waals surface area contributed by atoms with Gasteiger partial charge < -0.3 is 0 Å². The summed E-state index contributed by atoms with van der Waals surface area (Å²) in [5.74, 6) is 1.52. The Labute approximate surface area is 130 Å². The van der Waals surface area contributed by atoms with Crippen LogP contribution in [0.2, 0.25) is 0 Å². The SMILES string of the molecule is CC(C)(C)c1csc(CC(CCl)C2CCS(=O)(=O)C2)n1. The summed E-state index contributed by atoms with van der Waals surface area (Å²) in [7, 11) is -2.84. The van der Waals surface area contributed by atoms with E-state index in [1.54, 1.807) is 11.3 Å². The minimum atomic E-state index is -2.84. The summed E-state index contributed by atoms with van der Waals surface area (Å²) < 4.78 is 23.2. The molecule has 3 nitrogen and oxygen atoms in total. The highest BCUT2D eigenvalue weighted by Gasteiger charge is 2.33. The summed E-state index contributed by atoms with van der Waals surface area (Å²) >= 11 is 7.73. The van der Waals surface area contributed by atoms with Crippen LogP contribution in [-0.2, 0) is 21.7 Å². The van der Waals surface area contributed by atoms with Crippen molar-refractivity contribution in [2.75, 3.05) is 17.4 Å². The Morgan fingerprint density at radius 2 is 2.20 bits per heavy atom. The molecule has 0 amide bonds. The van der Waals surface area contributed by atoms with Gasteiger partial charge in [0.1, 0.15) is 0 Å². The second kappa shape index (κ2) is 5.93. The molecule has 0 radical (unpaired) electrons. The normalized spacial score (nSPS) is 23.9. The maximum atomic E-state index is 11.6. The van der Waals surface area contributed by atoms with Crippen molar-refractivity contribution < 1.29 is 8.42 Å². The minimum Gasteiger partial charge on any atom is -0.246 e. The van der Waals surface area contributed by atoms with Crippen LogP contribution in [0.25, 0.3) is 0 Å². The van der Waals surface area contributed by atoms with Crippen molar-refractivity contribution in [2.45, 2.75) is 39.0 Å². The number of thiazole rings is 1. The van der Waals surface area contributed by atoms with Gasteiger partial charge in [-0.2, -0.15) is 0 Å². The monoisotopic (exact) mass is 335 g/mol. The Bertz CT molecular complexity index is 560. The van der Waals surface area contributed by atoms with Gasteiger partial charge in [0, 0.05) is 23.1 Å². The van der Waals surface area contributed by atoms with Crippen LogP contribution >= 0.6 is 22.9 Å².